The van der Waals surface area contributed by atoms with Gasteiger partial charge in [0.2, 0.25) is 5.91 Å². The first-order valence-corrected chi connectivity index (χ1v) is 14.6. The predicted molar refractivity (Wildman–Crippen MR) is 141 cm³/mol. The fraction of sp³-hybridized carbons (Fsp3) is 0.833. The van der Waals surface area contributed by atoms with E-state index >= 15 is 0 Å². The maximum absolute atomic E-state index is 14.2. The molecule has 0 aromatic heterocycles. The quantitative estimate of drug-likeness (QED) is 0.543. The number of ether oxygens (including phenoxy) is 2. The molecule has 2 amide bonds. The Balaban J connectivity index is 1.49. The van der Waals surface area contributed by atoms with Crippen LogP contribution in [-0.2, 0) is 19.1 Å². The number of fused-ring (bicyclic) bond motifs is 2. The molecule has 4 bridgehead atoms. The number of methoxy groups -OCH3 is 1. The molecule has 7 nitrogen and oxygen atoms in total. The number of ketones is 1. The van der Waals surface area contributed by atoms with Crippen molar-refractivity contribution in [1.82, 2.24) is 10.2 Å². The van der Waals surface area contributed by atoms with Crippen LogP contribution in [0.15, 0.2) is 12.4 Å². The number of hydrogen-bond donors (Lipinski definition) is 1. The van der Waals surface area contributed by atoms with Crippen molar-refractivity contribution in [3.63, 3.8) is 0 Å². The summed E-state index contributed by atoms with van der Waals surface area (Å²) in [6.45, 7) is 11.0. The summed E-state index contributed by atoms with van der Waals surface area (Å²) in [5.74, 6) is -0.0260. The smallest absolute Gasteiger partial charge is 0.414 e. The van der Waals surface area contributed by atoms with Crippen LogP contribution in [0.3, 0.4) is 0 Å². The van der Waals surface area contributed by atoms with E-state index in [9.17, 15) is 18.8 Å². The first kappa shape index (κ1) is 27.8. The summed E-state index contributed by atoms with van der Waals surface area (Å²) in [4.78, 5) is 42.8. The van der Waals surface area contributed by atoms with Crippen molar-refractivity contribution in [1.29, 1.82) is 0 Å². The van der Waals surface area contributed by atoms with Gasteiger partial charge >= 0.3 is 6.09 Å². The summed E-state index contributed by atoms with van der Waals surface area (Å²) in [7, 11) is 1.74. The van der Waals surface area contributed by atoms with E-state index in [1.807, 2.05) is 6.92 Å². The third-order valence-electron chi connectivity index (χ3n) is 11.9. The highest BCUT2D eigenvalue weighted by Gasteiger charge is 2.68. The van der Waals surface area contributed by atoms with Crippen molar-refractivity contribution in [2.75, 3.05) is 26.7 Å². The Morgan fingerprint density at radius 1 is 1.16 bits per heavy atom. The molecule has 0 aromatic carbocycles. The Morgan fingerprint density at radius 2 is 1.89 bits per heavy atom. The molecule has 2 saturated heterocycles. The zero-order valence-electron chi connectivity index (χ0n) is 23.6. The van der Waals surface area contributed by atoms with E-state index in [2.05, 4.69) is 31.0 Å². The summed E-state index contributed by atoms with van der Waals surface area (Å²) in [6, 6.07) is 0. The van der Waals surface area contributed by atoms with E-state index in [0.717, 1.165) is 45.2 Å². The highest BCUT2D eigenvalue weighted by atomic mass is 19.1. The van der Waals surface area contributed by atoms with Gasteiger partial charge in [-0.25, -0.2) is 9.18 Å². The van der Waals surface area contributed by atoms with E-state index in [0.29, 0.717) is 12.9 Å². The first-order chi connectivity index (χ1) is 18.0. The van der Waals surface area contributed by atoms with Crippen LogP contribution in [0.1, 0.15) is 72.6 Å². The molecule has 3 unspecified atom stereocenters. The van der Waals surface area contributed by atoms with Crippen molar-refractivity contribution < 1.29 is 28.2 Å². The van der Waals surface area contributed by atoms with Crippen LogP contribution in [0.5, 0.6) is 0 Å². The van der Waals surface area contributed by atoms with E-state index < -0.39 is 23.0 Å². The standard InChI is InChI=1S/C30H45FN2O5/c1-18-7-11-30-12-8-22(37-5)24(30)29(18,4)23(15-28(3,10-6-13-31)25(34)19(30)2)38-27(36)32-26(35)21-17-33-14-9-20(21)16-33/h6,13,18-24H,7-12,14-17H2,1-5H3,(H,32,35,36)/t18-,19+,20-,21+,22-,23-,24?,28-,29+,30?/m1/s1. The SMILES string of the molecule is CO[C@@H]1CCC23CC[C@@H](C)[C@](C)(C12)[C@H](OC(=O)NC(=O)[C@H]1CN2CC[C@@H]1C2)C[C@@](C)(CC=CF)C(=O)[C@@H]3C. The van der Waals surface area contributed by atoms with Crippen LogP contribution < -0.4 is 5.32 Å². The molecule has 3 aliphatic carbocycles. The van der Waals surface area contributed by atoms with Gasteiger partial charge in [-0.1, -0.05) is 33.8 Å². The second kappa shape index (κ2) is 9.99. The minimum atomic E-state index is -0.893. The Kier molecular flexibility index (Phi) is 7.30. The summed E-state index contributed by atoms with van der Waals surface area (Å²) >= 11 is 0. The van der Waals surface area contributed by atoms with Crippen LogP contribution in [0.25, 0.3) is 0 Å². The van der Waals surface area contributed by atoms with Crippen molar-refractivity contribution in [3.05, 3.63) is 12.4 Å². The van der Waals surface area contributed by atoms with Crippen LogP contribution in [0.2, 0.25) is 0 Å². The molecule has 0 aromatic rings. The zero-order chi connectivity index (χ0) is 27.5. The van der Waals surface area contributed by atoms with E-state index in [-0.39, 0.29) is 65.6 Å². The molecule has 5 fully saturated rings. The fourth-order valence-corrected chi connectivity index (χ4v) is 9.58. The number of hydrogen-bond acceptors (Lipinski definition) is 6. The molecule has 2 heterocycles. The summed E-state index contributed by atoms with van der Waals surface area (Å²) in [5, 5.41) is 2.55. The molecule has 212 valence electrons. The van der Waals surface area contributed by atoms with Crippen LogP contribution >= 0.6 is 0 Å². The lowest BCUT2D eigenvalue weighted by molar-refractivity contribution is -0.191. The van der Waals surface area contributed by atoms with Gasteiger partial charge in [0.15, 0.2) is 0 Å². The number of nitrogens with one attached hydrogen (secondary N) is 1. The van der Waals surface area contributed by atoms with Crippen molar-refractivity contribution >= 4 is 17.8 Å². The second-order valence-corrected chi connectivity index (χ2v) is 13.5. The fourth-order valence-electron chi connectivity index (χ4n) is 9.58. The Bertz CT molecular complexity index is 1000. The topological polar surface area (TPSA) is 84.9 Å². The largest absolute Gasteiger partial charge is 0.445 e. The number of imide groups is 1. The molecule has 11 atom stereocenters. The van der Waals surface area contributed by atoms with Gasteiger partial charge in [0.25, 0.3) is 0 Å². The highest BCUT2D eigenvalue weighted by molar-refractivity contribution is 5.93. The maximum atomic E-state index is 14.2. The molecule has 5 rings (SSSR count). The van der Waals surface area contributed by atoms with Crippen LogP contribution in [0, 0.1) is 45.8 Å². The number of rotatable bonds is 5. The Hall–Kier alpha value is -1.80. The number of amides is 2. The van der Waals surface area contributed by atoms with E-state index in [4.69, 9.17) is 9.47 Å². The van der Waals surface area contributed by atoms with Gasteiger partial charge in [0.1, 0.15) is 11.9 Å². The number of nitrogens with zero attached hydrogens (tertiary/aromatic N) is 1. The van der Waals surface area contributed by atoms with E-state index in [1.165, 1.54) is 6.08 Å². The Labute approximate surface area is 226 Å². The van der Waals surface area contributed by atoms with Gasteiger partial charge in [-0.3, -0.25) is 14.9 Å². The molecular weight excluding hydrogens is 487 g/mol. The number of carbonyl (C=O) groups excluding carboxylic acids is 3. The lowest BCUT2D eigenvalue weighted by Gasteiger charge is -2.61. The normalized spacial score (nSPS) is 48.0. The molecule has 0 spiro atoms. The third-order valence-corrected chi connectivity index (χ3v) is 11.9. The van der Waals surface area contributed by atoms with Gasteiger partial charge in [-0.15, -0.1) is 0 Å². The van der Waals surface area contributed by atoms with Gasteiger partial charge in [-0.2, -0.15) is 0 Å². The molecule has 38 heavy (non-hydrogen) atoms. The second-order valence-electron chi connectivity index (χ2n) is 13.5. The molecule has 2 aliphatic heterocycles. The molecule has 5 aliphatic rings. The maximum Gasteiger partial charge on any atom is 0.414 e. The molecule has 0 radical (unpaired) electrons. The molecular formula is C30H45FN2O5. The summed E-state index contributed by atoms with van der Waals surface area (Å²) < 4.78 is 25.5. The average molecular weight is 533 g/mol. The monoisotopic (exact) mass is 532 g/mol. The number of allylic oxidation sites excluding steroid dienone is 1. The number of halogens is 1. The van der Waals surface area contributed by atoms with Crippen molar-refractivity contribution in [3.8, 4) is 0 Å². The van der Waals surface area contributed by atoms with Gasteiger partial charge in [0.05, 0.1) is 18.4 Å². The average Bonchev–Trinajstić information content (AvgIpc) is 3.63. The van der Waals surface area contributed by atoms with Crippen molar-refractivity contribution in [2.24, 2.45) is 45.8 Å². The minimum absolute atomic E-state index is 0.0352. The molecule has 1 N–H and O–H groups in total. The number of carbonyl (C=O) groups is 3. The van der Waals surface area contributed by atoms with E-state index in [1.54, 1.807) is 7.11 Å². The summed E-state index contributed by atoms with van der Waals surface area (Å²) in [5.41, 5.74) is -1.62. The number of piperidine rings is 1. The first-order valence-electron chi connectivity index (χ1n) is 14.6. The van der Waals surface area contributed by atoms with Crippen LogP contribution in [0.4, 0.5) is 9.18 Å². The van der Waals surface area contributed by atoms with Crippen molar-refractivity contribution in [2.45, 2.75) is 84.8 Å². The minimum Gasteiger partial charge on any atom is -0.445 e. The Morgan fingerprint density at radius 3 is 2.53 bits per heavy atom. The molecule has 3 saturated carbocycles. The predicted octanol–water partition coefficient (Wildman–Crippen LogP) is 4.90. The van der Waals surface area contributed by atoms with Gasteiger partial charge < -0.3 is 14.4 Å². The number of alkyl carbamates (subject to hydrolysis) is 1. The lowest BCUT2D eigenvalue weighted by Crippen LogP contribution is -2.63. The van der Waals surface area contributed by atoms with Crippen LogP contribution in [-0.4, -0.2) is 61.6 Å². The van der Waals surface area contributed by atoms with Gasteiger partial charge in [-0.05, 0) is 68.7 Å². The zero-order valence-corrected chi connectivity index (χ0v) is 23.6. The summed E-state index contributed by atoms with van der Waals surface area (Å²) in [6.07, 6.45) is 5.62. The highest BCUT2D eigenvalue weighted by Crippen LogP contribution is 2.68. The third kappa shape index (κ3) is 4.16. The van der Waals surface area contributed by atoms with Gasteiger partial charge in [0, 0.05) is 42.9 Å². The number of Topliss-reactive ketones (excluding diaryl/α,β-unsaturated/α-hetero) is 1. The lowest BCUT2D eigenvalue weighted by atomic mass is 9.43. The molecule has 8 heteroatoms.